The maximum atomic E-state index is 14.9. The van der Waals surface area contributed by atoms with Gasteiger partial charge in [0.1, 0.15) is 23.7 Å². The highest BCUT2D eigenvalue weighted by Crippen LogP contribution is 2.30. The monoisotopic (exact) mass is 533 g/mol. The number of carbonyl (C=O) groups is 2. The molecule has 30 heavy (non-hydrogen) atoms. The molecule has 1 aromatic carbocycles. The smallest absolute Gasteiger partial charge is 0.423 e. The normalized spacial score (nSPS) is 11.0. The lowest BCUT2D eigenvalue weighted by molar-refractivity contribution is -0.115. The minimum Gasteiger partial charge on any atom is -0.447 e. The minimum atomic E-state index is -0.979. The molecule has 0 saturated heterocycles. The van der Waals surface area contributed by atoms with E-state index in [2.05, 4.69) is 4.98 Å². The quantitative estimate of drug-likeness (QED) is 0.382. The number of nitrogens with zero attached hydrogens (tertiary/aromatic N) is 5. The Morgan fingerprint density at radius 3 is 2.63 bits per heavy atom. The van der Waals surface area contributed by atoms with Crippen LogP contribution in [0.15, 0.2) is 6.07 Å². The van der Waals surface area contributed by atoms with Crippen molar-refractivity contribution in [2.24, 2.45) is 0 Å². The Labute approximate surface area is 186 Å². The number of likely N-dealkylation sites (N-methyl/N-ethyl adjacent to an activating group) is 1. The van der Waals surface area contributed by atoms with Crippen LogP contribution in [0.25, 0.3) is 11.0 Å². The van der Waals surface area contributed by atoms with Gasteiger partial charge in [-0.15, -0.1) is 0 Å². The van der Waals surface area contributed by atoms with Crippen molar-refractivity contribution in [3.8, 4) is 6.07 Å². The molecule has 0 atom stereocenters. The van der Waals surface area contributed by atoms with Gasteiger partial charge in [0.05, 0.1) is 9.99 Å². The van der Waals surface area contributed by atoms with Gasteiger partial charge in [-0.1, -0.05) is 35.9 Å². The summed E-state index contributed by atoms with van der Waals surface area (Å²) in [5, 5.41) is 9.11. The predicted octanol–water partition coefficient (Wildman–Crippen LogP) is 3.45. The third-order valence-corrected chi connectivity index (χ3v) is 4.91. The fourth-order valence-electron chi connectivity index (χ4n) is 2.73. The van der Waals surface area contributed by atoms with Crippen molar-refractivity contribution < 1.29 is 23.1 Å². The van der Waals surface area contributed by atoms with Crippen molar-refractivity contribution in [2.45, 2.75) is 26.3 Å². The molecule has 0 spiro atoms. The summed E-state index contributed by atoms with van der Waals surface area (Å²) >= 11 is 1.79. The zero-order chi connectivity index (χ0) is 22.4. The summed E-state index contributed by atoms with van der Waals surface area (Å²) in [4.78, 5) is 31.8. The lowest BCUT2D eigenvalue weighted by Gasteiger charge is -2.20. The maximum absolute atomic E-state index is 14.9. The summed E-state index contributed by atoms with van der Waals surface area (Å²) in [7, 11) is 3.59. The second-order valence-electron chi connectivity index (χ2n) is 6.73. The largest absolute Gasteiger partial charge is 0.447 e. The number of imide groups is 1. The van der Waals surface area contributed by atoms with E-state index >= 15 is 0 Å². The average molecular weight is 533 g/mol. The van der Waals surface area contributed by atoms with Gasteiger partial charge in [0, 0.05) is 13.1 Å². The number of anilines is 1. The first kappa shape index (κ1) is 23.9. The molecule has 162 valence electrons. The summed E-state index contributed by atoms with van der Waals surface area (Å²) in [5.41, 5.74) is -1.10. The molecule has 1 aromatic heterocycles. The molecule has 2 rings (SSSR count). The summed E-state index contributed by atoms with van der Waals surface area (Å²) in [5.74, 6) is -2.74. The number of aromatic nitrogens is 2. The molecule has 0 aliphatic rings. The Hall–Kier alpha value is -2.33. The lowest BCUT2D eigenvalue weighted by atomic mass is 10.2. The van der Waals surface area contributed by atoms with Crippen molar-refractivity contribution in [1.82, 2.24) is 14.5 Å². The molecule has 11 heteroatoms. The SMILES string of the molecule is CCCCn1c(N(C(=O)CI)C(=O)OCCN(C)C)nc2c(F)cc(C#N)c(F)c21. The van der Waals surface area contributed by atoms with Crippen LogP contribution in [0.5, 0.6) is 0 Å². The number of imidazole rings is 1. The molecule has 0 aliphatic carbocycles. The zero-order valence-corrected chi connectivity index (χ0v) is 19.1. The van der Waals surface area contributed by atoms with E-state index in [-0.39, 0.29) is 34.6 Å². The first-order valence-electron chi connectivity index (χ1n) is 9.25. The van der Waals surface area contributed by atoms with E-state index in [0.29, 0.717) is 24.3 Å². The van der Waals surface area contributed by atoms with Crippen LogP contribution in [-0.4, -0.2) is 58.1 Å². The van der Waals surface area contributed by atoms with E-state index in [9.17, 15) is 18.4 Å². The summed E-state index contributed by atoms with van der Waals surface area (Å²) in [6.07, 6.45) is 0.292. The number of hydrogen-bond acceptors (Lipinski definition) is 6. The second-order valence-corrected chi connectivity index (χ2v) is 7.49. The Morgan fingerprint density at radius 2 is 2.07 bits per heavy atom. The number of benzene rings is 1. The van der Waals surface area contributed by atoms with Crippen LogP contribution in [0.1, 0.15) is 25.3 Å². The van der Waals surface area contributed by atoms with Gasteiger partial charge in [0.25, 0.3) is 0 Å². The highest BCUT2D eigenvalue weighted by Gasteiger charge is 2.32. The van der Waals surface area contributed by atoms with E-state index in [1.165, 1.54) is 4.57 Å². The fourth-order valence-corrected chi connectivity index (χ4v) is 3.07. The molecule has 0 unspecified atom stereocenters. The molecule has 1 heterocycles. The van der Waals surface area contributed by atoms with E-state index in [0.717, 1.165) is 6.07 Å². The molecule has 2 aromatic rings. The first-order chi connectivity index (χ1) is 14.3. The number of fused-ring (bicyclic) bond motifs is 1. The highest BCUT2D eigenvalue weighted by atomic mass is 127. The molecule has 0 saturated carbocycles. The number of nitriles is 1. The third kappa shape index (κ3) is 5.04. The summed E-state index contributed by atoms with van der Waals surface area (Å²) in [6.45, 7) is 2.52. The van der Waals surface area contributed by atoms with Crippen molar-refractivity contribution in [2.75, 3.05) is 36.6 Å². The van der Waals surface area contributed by atoms with Crippen LogP contribution in [0, 0.1) is 23.0 Å². The summed E-state index contributed by atoms with van der Waals surface area (Å²) < 4.78 is 35.8. The molecule has 8 nitrogen and oxygen atoms in total. The Balaban J connectivity index is 2.66. The Morgan fingerprint density at radius 1 is 1.37 bits per heavy atom. The maximum Gasteiger partial charge on any atom is 0.423 e. The van der Waals surface area contributed by atoms with Gasteiger partial charge in [-0.3, -0.25) is 4.79 Å². The fraction of sp³-hybridized carbons (Fsp3) is 0.474. The van der Waals surface area contributed by atoms with Gasteiger partial charge in [0.2, 0.25) is 11.9 Å². The minimum absolute atomic E-state index is 0.0212. The number of ether oxygens (including phenoxy) is 1. The van der Waals surface area contributed by atoms with Crippen LogP contribution in [0.2, 0.25) is 0 Å². The van der Waals surface area contributed by atoms with E-state index in [1.807, 2.05) is 6.92 Å². The van der Waals surface area contributed by atoms with Gasteiger partial charge in [-0.05, 0) is 26.6 Å². The Bertz CT molecular complexity index is 987. The number of aryl methyl sites for hydroxylation is 1. The molecular weight excluding hydrogens is 511 g/mol. The number of unbranched alkanes of at least 4 members (excludes halogenated alkanes) is 1. The van der Waals surface area contributed by atoms with Crippen molar-refractivity contribution >= 4 is 51.6 Å². The van der Waals surface area contributed by atoms with Crippen LogP contribution in [0.3, 0.4) is 0 Å². The highest BCUT2D eigenvalue weighted by molar-refractivity contribution is 14.1. The Kier molecular flexibility index (Phi) is 8.48. The number of alkyl halides is 1. The molecule has 0 N–H and O–H groups in total. The predicted molar refractivity (Wildman–Crippen MR) is 116 cm³/mol. The van der Waals surface area contributed by atoms with Gasteiger partial charge in [-0.2, -0.15) is 10.2 Å². The number of amides is 2. The molecular formula is C19H22F2IN5O3. The molecule has 2 amide bonds. The van der Waals surface area contributed by atoms with Crippen molar-refractivity contribution in [3.05, 3.63) is 23.3 Å². The standard InChI is InChI=1S/C19H22F2IN5O3/c1-4-5-6-26-17-15(21)12(11-23)9-13(20)16(17)24-18(26)27(14(28)10-22)19(29)30-8-7-25(2)3/h9H,4-8,10H2,1-3H3. The van der Waals surface area contributed by atoms with Crippen LogP contribution >= 0.6 is 22.6 Å². The zero-order valence-electron chi connectivity index (χ0n) is 16.9. The van der Waals surface area contributed by atoms with Crippen LogP contribution in [-0.2, 0) is 16.1 Å². The number of rotatable bonds is 8. The van der Waals surface area contributed by atoms with Crippen molar-refractivity contribution in [1.29, 1.82) is 5.26 Å². The van der Waals surface area contributed by atoms with Crippen LogP contribution in [0.4, 0.5) is 19.5 Å². The number of halogens is 3. The van der Waals surface area contributed by atoms with Gasteiger partial charge >= 0.3 is 6.09 Å². The molecule has 0 radical (unpaired) electrons. The average Bonchev–Trinajstić information content (AvgIpc) is 3.08. The molecule has 0 fully saturated rings. The van der Waals surface area contributed by atoms with Gasteiger partial charge < -0.3 is 14.2 Å². The number of carbonyl (C=O) groups excluding carboxylic acids is 2. The third-order valence-electron chi connectivity index (χ3n) is 4.26. The van der Waals surface area contributed by atoms with E-state index < -0.39 is 29.2 Å². The van der Waals surface area contributed by atoms with E-state index in [4.69, 9.17) is 10.00 Å². The van der Waals surface area contributed by atoms with Crippen LogP contribution < -0.4 is 4.90 Å². The molecule has 0 aliphatic heterocycles. The van der Waals surface area contributed by atoms with Gasteiger partial charge in [0.15, 0.2) is 11.6 Å². The first-order valence-corrected chi connectivity index (χ1v) is 10.8. The van der Waals surface area contributed by atoms with E-state index in [1.54, 1.807) is 47.7 Å². The molecule has 0 bridgehead atoms. The van der Waals surface area contributed by atoms with Crippen molar-refractivity contribution in [3.63, 3.8) is 0 Å². The number of hydrogen-bond donors (Lipinski definition) is 0. The second kappa shape index (κ2) is 10.6. The lowest BCUT2D eigenvalue weighted by Crippen LogP contribution is -2.41. The topological polar surface area (TPSA) is 91.5 Å². The summed E-state index contributed by atoms with van der Waals surface area (Å²) in [6, 6.07) is 2.36. The van der Waals surface area contributed by atoms with Gasteiger partial charge in [-0.25, -0.2) is 18.6 Å².